The molecule has 5 heteroatoms. The van der Waals surface area contributed by atoms with Crippen molar-refractivity contribution in [2.24, 2.45) is 0 Å². The van der Waals surface area contributed by atoms with Crippen LogP contribution in [0.15, 0.2) is 42.7 Å². The normalized spacial score (nSPS) is 12.8. The second-order valence-electron chi connectivity index (χ2n) is 4.46. The second kappa shape index (κ2) is 4.35. The summed E-state index contributed by atoms with van der Waals surface area (Å²) < 4.78 is 10.7. The maximum absolute atomic E-state index is 6.11. The number of halogens is 1. The third-order valence-corrected chi connectivity index (χ3v) is 3.59. The van der Waals surface area contributed by atoms with Gasteiger partial charge in [0, 0.05) is 5.39 Å². The molecule has 0 N–H and O–H groups in total. The highest BCUT2D eigenvalue weighted by Crippen LogP contribution is 2.36. The number of hydrogen-bond donors (Lipinski definition) is 0. The molecule has 98 valence electrons. The highest BCUT2D eigenvalue weighted by Gasteiger charge is 2.14. The molecule has 3 aromatic rings. The van der Waals surface area contributed by atoms with Gasteiger partial charge in [-0.25, -0.2) is 9.97 Å². The molecule has 0 atom stereocenters. The van der Waals surface area contributed by atoms with Gasteiger partial charge in [-0.05, 0) is 35.4 Å². The van der Waals surface area contributed by atoms with Gasteiger partial charge in [0.05, 0.1) is 5.52 Å². The van der Waals surface area contributed by atoms with Crippen molar-refractivity contribution in [3.63, 3.8) is 0 Å². The smallest absolute Gasteiger partial charge is 0.231 e. The first-order chi connectivity index (χ1) is 9.81. The number of hydrogen-bond acceptors (Lipinski definition) is 4. The molecule has 1 aliphatic heterocycles. The summed E-state index contributed by atoms with van der Waals surface area (Å²) in [6.45, 7) is 0.274. The molecule has 0 saturated heterocycles. The maximum Gasteiger partial charge on any atom is 0.231 e. The molecule has 0 bridgehead atoms. The van der Waals surface area contributed by atoms with Gasteiger partial charge in [-0.1, -0.05) is 23.7 Å². The van der Waals surface area contributed by atoms with E-state index in [1.165, 1.54) is 6.33 Å². The van der Waals surface area contributed by atoms with Gasteiger partial charge in [-0.3, -0.25) is 0 Å². The molecule has 4 nitrogen and oxygen atoms in total. The molecular formula is C15H9ClN2O2. The fourth-order valence-electron chi connectivity index (χ4n) is 2.28. The van der Waals surface area contributed by atoms with Crippen molar-refractivity contribution >= 4 is 22.5 Å². The van der Waals surface area contributed by atoms with E-state index in [1.54, 1.807) is 0 Å². The molecule has 1 aliphatic rings. The highest BCUT2D eigenvalue weighted by atomic mass is 35.5. The Labute approximate surface area is 119 Å². The van der Waals surface area contributed by atoms with Gasteiger partial charge in [-0.15, -0.1) is 0 Å². The first kappa shape index (κ1) is 11.5. The van der Waals surface area contributed by atoms with Gasteiger partial charge in [0.25, 0.3) is 0 Å². The summed E-state index contributed by atoms with van der Waals surface area (Å²) >= 11 is 6.11. The Morgan fingerprint density at radius 3 is 2.65 bits per heavy atom. The summed E-state index contributed by atoms with van der Waals surface area (Å²) in [4.78, 5) is 8.20. The lowest BCUT2D eigenvalue weighted by atomic mass is 10.0. The molecule has 2 aromatic carbocycles. The van der Waals surface area contributed by atoms with Crippen LogP contribution < -0.4 is 9.47 Å². The average molecular weight is 285 g/mol. The minimum Gasteiger partial charge on any atom is -0.454 e. The quantitative estimate of drug-likeness (QED) is 0.640. The van der Waals surface area contributed by atoms with E-state index in [0.29, 0.717) is 5.15 Å². The van der Waals surface area contributed by atoms with Gasteiger partial charge in [-0.2, -0.15) is 0 Å². The first-order valence-electron chi connectivity index (χ1n) is 6.11. The minimum atomic E-state index is 0.274. The van der Waals surface area contributed by atoms with Crippen LogP contribution in [0.2, 0.25) is 5.15 Å². The van der Waals surface area contributed by atoms with Crippen LogP contribution in [-0.4, -0.2) is 16.8 Å². The fraction of sp³-hybridized carbons (Fsp3) is 0.0667. The molecule has 2 heterocycles. The molecular weight excluding hydrogens is 276 g/mol. The molecule has 20 heavy (non-hydrogen) atoms. The summed E-state index contributed by atoms with van der Waals surface area (Å²) in [7, 11) is 0. The lowest BCUT2D eigenvalue weighted by Crippen LogP contribution is -1.92. The Balaban J connectivity index is 1.88. The van der Waals surface area contributed by atoms with Crippen molar-refractivity contribution in [2.45, 2.75) is 0 Å². The molecule has 0 radical (unpaired) electrons. The first-order valence-corrected chi connectivity index (χ1v) is 6.49. The lowest BCUT2D eigenvalue weighted by Gasteiger charge is -2.05. The standard InChI is InChI=1S/C15H9ClN2O2/c16-15-11-5-9(1-3-12(11)17-7-18-15)10-2-4-13-14(6-10)20-8-19-13/h1-7H,8H2. The van der Waals surface area contributed by atoms with Crippen molar-refractivity contribution < 1.29 is 9.47 Å². The zero-order valence-electron chi connectivity index (χ0n) is 10.3. The minimum absolute atomic E-state index is 0.274. The topological polar surface area (TPSA) is 44.2 Å². The van der Waals surface area contributed by atoms with Crippen LogP contribution in [0.1, 0.15) is 0 Å². The van der Waals surface area contributed by atoms with E-state index < -0.39 is 0 Å². The van der Waals surface area contributed by atoms with E-state index in [2.05, 4.69) is 9.97 Å². The summed E-state index contributed by atoms with van der Waals surface area (Å²) in [5.41, 5.74) is 2.90. The SMILES string of the molecule is Clc1ncnc2ccc(-c3ccc4c(c3)OCO4)cc12. The number of benzene rings is 2. The Morgan fingerprint density at radius 2 is 1.70 bits per heavy atom. The van der Waals surface area contributed by atoms with E-state index in [0.717, 1.165) is 33.5 Å². The van der Waals surface area contributed by atoms with Crippen LogP contribution in [0.3, 0.4) is 0 Å². The number of fused-ring (bicyclic) bond motifs is 2. The van der Waals surface area contributed by atoms with E-state index in [-0.39, 0.29) is 6.79 Å². The Kier molecular flexibility index (Phi) is 2.50. The number of rotatable bonds is 1. The highest BCUT2D eigenvalue weighted by molar-refractivity contribution is 6.34. The van der Waals surface area contributed by atoms with E-state index in [1.807, 2.05) is 36.4 Å². The summed E-state index contributed by atoms with van der Waals surface area (Å²) in [5.74, 6) is 1.54. The van der Waals surface area contributed by atoms with Gasteiger partial charge < -0.3 is 9.47 Å². The lowest BCUT2D eigenvalue weighted by molar-refractivity contribution is 0.174. The van der Waals surface area contributed by atoms with Crippen LogP contribution in [0.5, 0.6) is 11.5 Å². The monoisotopic (exact) mass is 284 g/mol. The van der Waals surface area contributed by atoms with Crippen LogP contribution >= 0.6 is 11.6 Å². The predicted octanol–water partition coefficient (Wildman–Crippen LogP) is 3.68. The third-order valence-electron chi connectivity index (χ3n) is 3.29. The summed E-state index contributed by atoms with van der Waals surface area (Å²) in [6, 6.07) is 11.8. The van der Waals surface area contributed by atoms with Gasteiger partial charge in [0.2, 0.25) is 6.79 Å². The molecule has 4 rings (SSSR count). The van der Waals surface area contributed by atoms with Gasteiger partial charge >= 0.3 is 0 Å². The van der Waals surface area contributed by atoms with E-state index in [4.69, 9.17) is 21.1 Å². The molecule has 0 amide bonds. The van der Waals surface area contributed by atoms with E-state index in [9.17, 15) is 0 Å². The Bertz CT molecular complexity index is 820. The maximum atomic E-state index is 6.11. The average Bonchev–Trinajstić information content (AvgIpc) is 2.95. The van der Waals surface area contributed by atoms with Gasteiger partial charge in [0.1, 0.15) is 11.5 Å². The van der Waals surface area contributed by atoms with Gasteiger partial charge in [0.15, 0.2) is 11.5 Å². The number of aromatic nitrogens is 2. The Morgan fingerprint density at radius 1 is 0.900 bits per heavy atom. The second-order valence-corrected chi connectivity index (χ2v) is 4.82. The molecule has 0 saturated carbocycles. The predicted molar refractivity (Wildman–Crippen MR) is 76.1 cm³/mol. The zero-order valence-corrected chi connectivity index (χ0v) is 11.1. The molecule has 0 aliphatic carbocycles. The Hall–Kier alpha value is -2.33. The van der Waals surface area contributed by atoms with Crippen molar-refractivity contribution in [2.75, 3.05) is 6.79 Å². The van der Waals surface area contributed by atoms with Crippen LogP contribution in [0, 0.1) is 0 Å². The van der Waals surface area contributed by atoms with Crippen molar-refractivity contribution in [1.82, 2.24) is 9.97 Å². The van der Waals surface area contributed by atoms with Crippen molar-refractivity contribution in [1.29, 1.82) is 0 Å². The molecule has 1 aromatic heterocycles. The largest absolute Gasteiger partial charge is 0.454 e. The van der Waals surface area contributed by atoms with Crippen LogP contribution in [0.25, 0.3) is 22.0 Å². The van der Waals surface area contributed by atoms with Crippen LogP contribution in [-0.2, 0) is 0 Å². The molecule has 0 spiro atoms. The molecule has 0 unspecified atom stereocenters. The zero-order chi connectivity index (χ0) is 13.5. The molecule has 0 fully saturated rings. The number of ether oxygens (including phenoxy) is 2. The summed E-state index contributed by atoms with van der Waals surface area (Å²) in [6.07, 6.45) is 1.46. The van der Waals surface area contributed by atoms with Crippen LogP contribution in [0.4, 0.5) is 0 Å². The third kappa shape index (κ3) is 1.77. The summed E-state index contributed by atoms with van der Waals surface area (Å²) in [5, 5.41) is 1.29. The van der Waals surface area contributed by atoms with Crippen molar-refractivity contribution in [3.05, 3.63) is 47.9 Å². The van der Waals surface area contributed by atoms with E-state index >= 15 is 0 Å². The number of nitrogens with zero attached hydrogens (tertiary/aromatic N) is 2. The van der Waals surface area contributed by atoms with Crippen molar-refractivity contribution in [3.8, 4) is 22.6 Å². The fourth-order valence-corrected chi connectivity index (χ4v) is 2.48.